The lowest BCUT2D eigenvalue weighted by atomic mass is 10.1. The first-order chi connectivity index (χ1) is 14.5. The quantitative estimate of drug-likeness (QED) is 0.663. The maximum absolute atomic E-state index is 13.1. The molecule has 0 atom stereocenters. The van der Waals surface area contributed by atoms with Gasteiger partial charge in [0.15, 0.2) is 5.65 Å². The molecule has 3 heterocycles. The summed E-state index contributed by atoms with van der Waals surface area (Å²) in [4.78, 5) is 22.3. The first-order valence-electron chi connectivity index (χ1n) is 10.3. The third kappa shape index (κ3) is 3.85. The number of aromatic nitrogens is 4. The molecule has 31 heavy (non-hydrogen) atoms. The van der Waals surface area contributed by atoms with Crippen LogP contribution in [0.5, 0.6) is 0 Å². The molecule has 2 aromatic heterocycles. The number of aromatic amines is 1. The van der Waals surface area contributed by atoms with E-state index in [1.807, 2.05) is 45.6 Å². The van der Waals surface area contributed by atoms with Gasteiger partial charge in [0.05, 0.1) is 16.6 Å². The summed E-state index contributed by atoms with van der Waals surface area (Å²) in [6.07, 6.45) is 1.53. The number of fused-ring (bicyclic) bond motifs is 1. The van der Waals surface area contributed by atoms with Gasteiger partial charge in [-0.3, -0.25) is 9.78 Å². The van der Waals surface area contributed by atoms with Crippen LogP contribution in [0.4, 0.5) is 5.95 Å². The summed E-state index contributed by atoms with van der Waals surface area (Å²) in [6.45, 7) is 11.4. The van der Waals surface area contributed by atoms with Crippen molar-refractivity contribution in [1.82, 2.24) is 24.1 Å². The predicted molar refractivity (Wildman–Crippen MR) is 120 cm³/mol. The topological polar surface area (TPSA) is 104 Å². The first kappa shape index (κ1) is 21.5. The minimum atomic E-state index is -3.57. The number of rotatable bonds is 3. The minimum Gasteiger partial charge on any atom is -0.340 e. The van der Waals surface area contributed by atoms with Gasteiger partial charge < -0.3 is 4.90 Å². The molecule has 0 bridgehead atoms. The molecule has 1 aliphatic heterocycles. The van der Waals surface area contributed by atoms with Crippen LogP contribution in [0.1, 0.15) is 31.9 Å². The molecule has 3 aromatic rings. The number of anilines is 1. The zero-order valence-electron chi connectivity index (χ0n) is 18.5. The molecule has 0 amide bonds. The van der Waals surface area contributed by atoms with Crippen LogP contribution in [0.3, 0.4) is 0 Å². The molecule has 10 heteroatoms. The van der Waals surface area contributed by atoms with E-state index in [1.165, 1.54) is 10.5 Å². The van der Waals surface area contributed by atoms with Crippen molar-refractivity contribution in [3.05, 3.63) is 45.9 Å². The van der Waals surface area contributed by atoms with Gasteiger partial charge >= 0.3 is 0 Å². The third-order valence-corrected chi connectivity index (χ3v) is 7.61. The number of H-pyrrole nitrogens is 1. The van der Waals surface area contributed by atoms with Gasteiger partial charge in [0.1, 0.15) is 5.39 Å². The zero-order valence-corrected chi connectivity index (χ0v) is 19.3. The van der Waals surface area contributed by atoms with Crippen molar-refractivity contribution in [2.24, 2.45) is 0 Å². The monoisotopic (exact) mass is 444 g/mol. The fraction of sp³-hybridized carbons (Fsp3) is 0.476. The third-order valence-electron chi connectivity index (χ3n) is 5.72. The van der Waals surface area contributed by atoms with E-state index >= 15 is 0 Å². The summed E-state index contributed by atoms with van der Waals surface area (Å²) in [5, 5.41) is 4.77. The van der Waals surface area contributed by atoms with Crippen LogP contribution in [-0.4, -0.2) is 58.7 Å². The molecule has 0 saturated carbocycles. The van der Waals surface area contributed by atoms with Crippen molar-refractivity contribution >= 4 is 27.0 Å². The normalized spacial score (nSPS) is 16.2. The number of hydrogen-bond donors (Lipinski definition) is 1. The first-order valence-corrected chi connectivity index (χ1v) is 11.7. The van der Waals surface area contributed by atoms with E-state index in [4.69, 9.17) is 0 Å². The van der Waals surface area contributed by atoms with Gasteiger partial charge in [-0.15, -0.1) is 0 Å². The molecular formula is C21H28N6O3S. The van der Waals surface area contributed by atoms with Crippen LogP contribution in [0.25, 0.3) is 11.0 Å². The van der Waals surface area contributed by atoms with E-state index in [0.717, 1.165) is 11.1 Å². The SMILES string of the molecule is Cc1ccc(S(=O)(=O)N2CCN(c3nc4c(cnn4C(C)(C)C)c(=O)[nH]3)CC2)cc1C. The van der Waals surface area contributed by atoms with Crippen molar-refractivity contribution < 1.29 is 8.42 Å². The van der Waals surface area contributed by atoms with Crippen LogP contribution in [0.2, 0.25) is 0 Å². The molecule has 166 valence electrons. The summed E-state index contributed by atoms with van der Waals surface area (Å²) in [6, 6.07) is 5.21. The second-order valence-corrected chi connectivity index (χ2v) is 10.9. The number of hydrogen-bond acceptors (Lipinski definition) is 6. The fourth-order valence-corrected chi connectivity index (χ4v) is 5.22. The lowest BCUT2D eigenvalue weighted by Crippen LogP contribution is -2.49. The van der Waals surface area contributed by atoms with E-state index in [-0.39, 0.29) is 11.1 Å². The highest BCUT2D eigenvalue weighted by Crippen LogP contribution is 2.23. The predicted octanol–water partition coefficient (Wildman–Crippen LogP) is 2.00. The van der Waals surface area contributed by atoms with Gasteiger partial charge in [0.2, 0.25) is 16.0 Å². The van der Waals surface area contributed by atoms with Crippen molar-refractivity contribution in [3.63, 3.8) is 0 Å². The van der Waals surface area contributed by atoms with Gasteiger partial charge in [-0.1, -0.05) is 6.07 Å². The second-order valence-electron chi connectivity index (χ2n) is 8.99. The van der Waals surface area contributed by atoms with E-state index in [9.17, 15) is 13.2 Å². The van der Waals surface area contributed by atoms with E-state index in [1.54, 1.807) is 16.8 Å². The summed E-state index contributed by atoms with van der Waals surface area (Å²) in [5.41, 5.74) is 1.96. The van der Waals surface area contributed by atoms with Gasteiger partial charge in [-0.25, -0.2) is 13.1 Å². The Bertz CT molecular complexity index is 1290. The lowest BCUT2D eigenvalue weighted by Gasteiger charge is -2.34. The lowest BCUT2D eigenvalue weighted by molar-refractivity contribution is 0.365. The Balaban J connectivity index is 1.58. The van der Waals surface area contributed by atoms with Crippen molar-refractivity contribution in [2.45, 2.75) is 45.1 Å². The average Bonchev–Trinajstić information content (AvgIpc) is 3.15. The molecule has 0 spiro atoms. The Morgan fingerprint density at radius 3 is 2.32 bits per heavy atom. The van der Waals surface area contributed by atoms with Crippen LogP contribution in [0, 0.1) is 13.8 Å². The fourth-order valence-electron chi connectivity index (χ4n) is 3.71. The zero-order chi connectivity index (χ0) is 22.6. The van der Waals surface area contributed by atoms with Crippen LogP contribution in [0.15, 0.2) is 34.1 Å². The summed E-state index contributed by atoms with van der Waals surface area (Å²) in [5.74, 6) is 0.437. The highest BCUT2D eigenvalue weighted by molar-refractivity contribution is 7.89. The van der Waals surface area contributed by atoms with Crippen LogP contribution < -0.4 is 10.5 Å². The molecule has 4 rings (SSSR count). The molecule has 0 radical (unpaired) electrons. The Labute approximate surface area is 181 Å². The second kappa shape index (κ2) is 7.45. The molecule has 1 N–H and O–H groups in total. The number of piperazine rings is 1. The van der Waals surface area contributed by atoms with E-state index in [0.29, 0.717) is 48.1 Å². The summed E-state index contributed by atoms with van der Waals surface area (Å²) >= 11 is 0. The highest BCUT2D eigenvalue weighted by Gasteiger charge is 2.30. The number of benzene rings is 1. The molecule has 0 unspecified atom stereocenters. The van der Waals surface area contributed by atoms with Gasteiger partial charge in [-0.05, 0) is 57.9 Å². The minimum absolute atomic E-state index is 0.249. The Hall–Kier alpha value is -2.72. The largest absolute Gasteiger partial charge is 0.340 e. The standard InChI is InChI=1S/C21H28N6O3S/c1-14-6-7-16(12-15(14)2)31(29,30)26-10-8-25(9-11-26)20-23-18-17(19(28)24-20)13-22-27(18)21(3,4)5/h6-7,12-13H,8-11H2,1-5H3,(H,23,24,28). The number of nitrogens with zero attached hydrogens (tertiary/aromatic N) is 5. The van der Waals surface area contributed by atoms with Crippen LogP contribution in [-0.2, 0) is 15.6 Å². The van der Waals surface area contributed by atoms with E-state index in [2.05, 4.69) is 15.1 Å². The number of aryl methyl sites for hydroxylation is 2. The highest BCUT2D eigenvalue weighted by atomic mass is 32.2. The Morgan fingerprint density at radius 2 is 1.71 bits per heavy atom. The molecule has 0 aliphatic carbocycles. The van der Waals surface area contributed by atoms with Crippen LogP contribution >= 0.6 is 0 Å². The van der Waals surface area contributed by atoms with E-state index < -0.39 is 10.0 Å². The molecule has 1 aromatic carbocycles. The van der Waals surface area contributed by atoms with Gasteiger partial charge in [0.25, 0.3) is 5.56 Å². The van der Waals surface area contributed by atoms with Gasteiger partial charge in [-0.2, -0.15) is 14.4 Å². The molecular weight excluding hydrogens is 416 g/mol. The van der Waals surface area contributed by atoms with Gasteiger partial charge in [0, 0.05) is 26.2 Å². The Morgan fingerprint density at radius 1 is 1.03 bits per heavy atom. The number of sulfonamides is 1. The smallest absolute Gasteiger partial charge is 0.263 e. The average molecular weight is 445 g/mol. The van der Waals surface area contributed by atoms with Crippen molar-refractivity contribution in [1.29, 1.82) is 0 Å². The maximum Gasteiger partial charge on any atom is 0.263 e. The molecule has 9 nitrogen and oxygen atoms in total. The maximum atomic E-state index is 13.1. The Kier molecular flexibility index (Phi) is 5.17. The molecule has 1 saturated heterocycles. The summed E-state index contributed by atoms with van der Waals surface area (Å²) in [7, 11) is -3.57. The molecule has 1 aliphatic rings. The van der Waals surface area contributed by atoms with Crippen molar-refractivity contribution in [3.8, 4) is 0 Å². The van der Waals surface area contributed by atoms with Crippen molar-refractivity contribution in [2.75, 3.05) is 31.1 Å². The number of nitrogens with one attached hydrogen (secondary N) is 1. The summed E-state index contributed by atoms with van der Waals surface area (Å²) < 4.78 is 29.4. The molecule has 1 fully saturated rings.